The van der Waals surface area contributed by atoms with Crippen molar-refractivity contribution in [3.8, 4) is 0 Å². The largest absolute Gasteiger partial charge is 1.00 e. The molecule has 0 saturated carbocycles. The van der Waals surface area contributed by atoms with Gasteiger partial charge in [-0.1, -0.05) is 19.8 Å². The predicted molar refractivity (Wildman–Crippen MR) is 34.4 cm³/mol. The van der Waals surface area contributed by atoms with E-state index in [4.69, 9.17) is 0 Å². The van der Waals surface area contributed by atoms with E-state index >= 15 is 0 Å². The molecule has 0 heterocycles. The van der Waals surface area contributed by atoms with Gasteiger partial charge in [-0.3, -0.25) is 0 Å². The van der Waals surface area contributed by atoms with Crippen LogP contribution in [0.15, 0.2) is 0 Å². The van der Waals surface area contributed by atoms with E-state index in [9.17, 15) is 8.76 Å². The zero-order valence-corrected chi connectivity index (χ0v) is 9.28. The Morgan fingerprint density at radius 2 is 2.10 bits per heavy atom. The molecule has 0 aliphatic carbocycles. The molecule has 0 aromatic rings. The van der Waals surface area contributed by atoms with E-state index in [1.54, 1.807) is 0 Å². The molecule has 0 N–H and O–H groups in total. The summed E-state index contributed by atoms with van der Waals surface area (Å²) in [5.41, 5.74) is 0. The molecule has 10 heavy (non-hydrogen) atoms. The van der Waals surface area contributed by atoms with Crippen LogP contribution in [-0.4, -0.2) is 15.4 Å². The summed E-state index contributed by atoms with van der Waals surface area (Å²) in [6.45, 7) is 2.37. The second kappa shape index (κ2) is 10.1. The van der Waals surface area contributed by atoms with E-state index in [-0.39, 0.29) is 29.6 Å². The third-order valence-electron chi connectivity index (χ3n) is 0.927. The van der Waals surface area contributed by atoms with Crippen LogP contribution in [0.25, 0.3) is 0 Å². The quantitative estimate of drug-likeness (QED) is 0.275. The average molecular weight is 174 g/mol. The molecule has 0 rings (SSSR count). The van der Waals surface area contributed by atoms with E-state index in [0.717, 1.165) is 19.3 Å². The number of rotatable bonds is 5. The molecule has 0 saturated heterocycles. The van der Waals surface area contributed by atoms with Crippen molar-refractivity contribution in [2.24, 2.45) is 0 Å². The average Bonchev–Trinajstić information content (AvgIpc) is 1.80. The minimum absolute atomic E-state index is 0. The number of unbranched alkanes of at least 4 members (excludes halogenated alkanes) is 2. The summed E-state index contributed by atoms with van der Waals surface area (Å²) >= 11 is -2.32. The van der Waals surface area contributed by atoms with Gasteiger partial charge < -0.3 is 8.74 Å². The van der Waals surface area contributed by atoms with Crippen molar-refractivity contribution >= 4 is 11.4 Å². The van der Waals surface area contributed by atoms with Gasteiger partial charge >= 0.3 is 29.6 Å². The van der Waals surface area contributed by atoms with Crippen LogP contribution in [0.5, 0.6) is 0 Å². The molecule has 0 spiro atoms. The van der Waals surface area contributed by atoms with Gasteiger partial charge in [0.15, 0.2) is 0 Å². The van der Waals surface area contributed by atoms with E-state index in [0.29, 0.717) is 6.61 Å². The molecule has 0 bridgehead atoms. The number of hydrogen-bond donors (Lipinski definition) is 0. The van der Waals surface area contributed by atoms with Gasteiger partial charge in [0.1, 0.15) is 0 Å². The van der Waals surface area contributed by atoms with Crippen molar-refractivity contribution in [3.05, 3.63) is 0 Å². The summed E-state index contributed by atoms with van der Waals surface area (Å²) in [4.78, 5) is 0. The standard InChI is InChI=1S/C5H12O3S.Na/c1-2-3-4-5-8-9(6)7;/h2-5H2,1H3,(H,6,7);/q;+1/p-1. The minimum Gasteiger partial charge on any atom is -0.750 e. The molecule has 3 nitrogen and oxygen atoms in total. The Hall–Kier alpha value is 1.07. The minimum atomic E-state index is -2.32. The zero-order valence-electron chi connectivity index (χ0n) is 6.46. The fourth-order valence-electron chi connectivity index (χ4n) is 0.479. The molecule has 0 aromatic heterocycles. The summed E-state index contributed by atoms with van der Waals surface area (Å²) in [5, 5.41) is 0. The Kier molecular flexibility index (Phi) is 13.7. The van der Waals surface area contributed by atoms with Crippen LogP contribution in [0.1, 0.15) is 26.2 Å². The zero-order chi connectivity index (χ0) is 7.11. The van der Waals surface area contributed by atoms with E-state index in [1.807, 2.05) is 6.92 Å². The summed E-state index contributed by atoms with van der Waals surface area (Å²) in [5.74, 6) is 0. The van der Waals surface area contributed by atoms with Crippen LogP contribution in [0.4, 0.5) is 0 Å². The Balaban J connectivity index is 0. The third-order valence-corrected chi connectivity index (χ3v) is 1.29. The summed E-state index contributed by atoms with van der Waals surface area (Å²) in [6.07, 6.45) is 2.93. The third kappa shape index (κ3) is 11.8. The fourth-order valence-corrected chi connectivity index (χ4v) is 0.733. The summed E-state index contributed by atoms with van der Waals surface area (Å²) in [6, 6.07) is 0. The van der Waals surface area contributed by atoms with Gasteiger partial charge in [-0.2, -0.15) is 0 Å². The first-order valence-corrected chi connectivity index (χ1v) is 4.00. The Morgan fingerprint density at radius 3 is 2.50 bits per heavy atom. The van der Waals surface area contributed by atoms with Crippen molar-refractivity contribution in [1.29, 1.82) is 0 Å². The van der Waals surface area contributed by atoms with Crippen LogP contribution in [0, 0.1) is 0 Å². The first kappa shape index (κ1) is 13.6. The van der Waals surface area contributed by atoms with Crippen LogP contribution >= 0.6 is 0 Å². The van der Waals surface area contributed by atoms with Crippen LogP contribution < -0.4 is 29.6 Å². The summed E-state index contributed by atoms with van der Waals surface area (Å²) in [7, 11) is 0. The van der Waals surface area contributed by atoms with Gasteiger partial charge in [0.2, 0.25) is 0 Å². The van der Waals surface area contributed by atoms with Gasteiger partial charge in [0, 0.05) is 0 Å². The van der Waals surface area contributed by atoms with Crippen molar-refractivity contribution in [2.75, 3.05) is 6.61 Å². The first-order chi connectivity index (χ1) is 4.27. The Bertz CT molecular complexity index is 89.0. The maximum atomic E-state index is 9.74. The van der Waals surface area contributed by atoms with Crippen molar-refractivity contribution in [1.82, 2.24) is 0 Å². The molecular weight excluding hydrogens is 163 g/mol. The summed E-state index contributed by atoms with van der Waals surface area (Å²) < 4.78 is 23.7. The molecule has 0 fully saturated rings. The van der Waals surface area contributed by atoms with Crippen molar-refractivity contribution < 1.29 is 42.5 Å². The molecule has 0 aromatic carbocycles. The predicted octanol–water partition coefficient (Wildman–Crippen LogP) is -2.01. The van der Waals surface area contributed by atoms with Gasteiger partial charge in [-0.05, 0) is 6.42 Å². The smallest absolute Gasteiger partial charge is 0.750 e. The van der Waals surface area contributed by atoms with Crippen LogP contribution in [0.2, 0.25) is 0 Å². The van der Waals surface area contributed by atoms with Crippen LogP contribution in [-0.2, 0) is 15.5 Å². The second-order valence-electron chi connectivity index (χ2n) is 1.73. The van der Waals surface area contributed by atoms with Gasteiger partial charge in [-0.25, -0.2) is 4.21 Å². The van der Waals surface area contributed by atoms with E-state index in [1.165, 1.54) is 0 Å². The maximum absolute atomic E-state index is 9.74. The second-order valence-corrected chi connectivity index (χ2v) is 2.38. The monoisotopic (exact) mass is 174 g/mol. The SMILES string of the molecule is CCCCCOS(=O)[O-].[Na+]. The molecule has 56 valence electrons. The molecule has 5 heteroatoms. The number of hydrogen-bond acceptors (Lipinski definition) is 3. The van der Waals surface area contributed by atoms with Crippen molar-refractivity contribution in [3.63, 3.8) is 0 Å². The molecular formula is C5H11NaO3S. The molecule has 1 atom stereocenters. The first-order valence-electron chi connectivity index (χ1n) is 3.00. The fraction of sp³-hybridized carbons (Fsp3) is 1.00. The topological polar surface area (TPSA) is 49.4 Å². The Labute approximate surface area is 86.3 Å². The molecule has 0 aliphatic rings. The molecule has 0 radical (unpaired) electrons. The Morgan fingerprint density at radius 1 is 1.50 bits per heavy atom. The van der Waals surface area contributed by atoms with E-state index in [2.05, 4.69) is 4.18 Å². The molecule has 1 unspecified atom stereocenters. The van der Waals surface area contributed by atoms with Gasteiger partial charge in [-0.15, -0.1) is 0 Å². The van der Waals surface area contributed by atoms with Crippen molar-refractivity contribution in [2.45, 2.75) is 26.2 Å². The molecule has 0 aliphatic heterocycles. The normalized spacial score (nSPS) is 12.2. The van der Waals surface area contributed by atoms with E-state index < -0.39 is 11.4 Å². The molecule has 0 amide bonds. The van der Waals surface area contributed by atoms with Gasteiger partial charge in [0.05, 0.1) is 18.0 Å². The van der Waals surface area contributed by atoms with Gasteiger partial charge in [0.25, 0.3) is 0 Å². The maximum Gasteiger partial charge on any atom is 1.00 e. The van der Waals surface area contributed by atoms with Crippen LogP contribution in [0.3, 0.4) is 0 Å².